The van der Waals surface area contributed by atoms with Gasteiger partial charge in [-0.15, -0.1) is 0 Å². The fraction of sp³-hybridized carbons (Fsp3) is 0.417. The van der Waals surface area contributed by atoms with Gasteiger partial charge in [-0.25, -0.2) is 0 Å². The van der Waals surface area contributed by atoms with Gasteiger partial charge >= 0.3 is 0 Å². The number of aryl methyl sites for hydroxylation is 1. The van der Waals surface area contributed by atoms with E-state index >= 15 is 0 Å². The molecule has 5 nitrogen and oxygen atoms in total. The third-order valence-electron chi connectivity index (χ3n) is 2.23. The van der Waals surface area contributed by atoms with Crippen LogP contribution in [0.4, 0.5) is 11.4 Å². The van der Waals surface area contributed by atoms with E-state index in [1.807, 2.05) is 6.92 Å². The topological polar surface area (TPSA) is 84.6 Å². The Morgan fingerprint density at radius 1 is 1.47 bits per heavy atom. The van der Waals surface area contributed by atoms with Crippen molar-refractivity contribution in [2.24, 2.45) is 0 Å². The lowest BCUT2D eigenvalue weighted by molar-refractivity contribution is -0.117. The summed E-state index contributed by atoms with van der Waals surface area (Å²) in [6.07, 6.45) is 0.268. The molecule has 94 valence electrons. The molecule has 0 aliphatic heterocycles. The number of hydrogen-bond acceptors (Lipinski definition) is 4. The van der Waals surface area contributed by atoms with Crippen LogP contribution >= 0.6 is 0 Å². The van der Waals surface area contributed by atoms with Crippen LogP contribution in [0.3, 0.4) is 0 Å². The Kier molecular flexibility index (Phi) is 5.45. The van der Waals surface area contributed by atoms with Gasteiger partial charge in [-0.1, -0.05) is 0 Å². The zero-order chi connectivity index (χ0) is 12.7. The van der Waals surface area contributed by atoms with Gasteiger partial charge in [0.25, 0.3) is 0 Å². The molecule has 0 unspecified atom stereocenters. The Hall–Kier alpha value is -1.59. The van der Waals surface area contributed by atoms with E-state index < -0.39 is 0 Å². The molecule has 0 atom stereocenters. The van der Waals surface area contributed by atoms with Gasteiger partial charge < -0.3 is 20.9 Å². The van der Waals surface area contributed by atoms with Crippen LogP contribution in [0.15, 0.2) is 18.2 Å². The number of nitrogens with two attached hydrogens (primary N) is 1. The van der Waals surface area contributed by atoms with Crippen molar-refractivity contribution in [2.75, 3.05) is 30.9 Å². The van der Waals surface area contributed by atoms with Gasteiger partial charge in [0.15, 0.2) is 0 Å². The van der Waals surface area contributed by atoms with E-state index in [1.54, 1.807) is 18.2 Å². The van der Waals surface area contributed by atoms with Crippen LogP contribution in [0.1, 0.15) is 12.0 Å². The molecular formula is C12H18N2O3. The second-order valence-electron chi connectivity index (χ2n) is 3.71. The molecule has 0 spiro atoms. The maximum absolute atomic E-state index is 11.5. The number of benzene rings is 1. The lowest BCUT2D eigenvalue weighted by Gasteiger charge is -2.09. The first-order valence-corrected chi connectivity index (χ1v) is 5.48. The molecule has 1 amide bonds. The van der Waals surface area contributed by atoms with Gasteiger partial charge in [0.1, 0.15) is 0 Å². The van der Waals surface area contributed by atoms with E-state index in [2.05, 4.69) is 5.32 Å². The van der Waals surface area contributed by atoms with Crippen molar-refractivity contribution < 1.29 is 14.6 Å². The highest BCUT2D eigenvalue weighted by Gasteiger charge is 2.04. The number of rotatable bonds is 6. The van der Waals surface area contributed by atoms with E-state index in [1.165, 1.54) is 0 Å². The summed E-state index contributed by atoms with van der Waals surface area (Å²) in [4.78, 5) is 11.5. The maximum Gasteiger partial charge on any atom is 0.226 e. The summed E-state index contributed by atoms with van der Waals surface area (Å²) in [6, 6.07) is 5.32. The highest BCUT2D eigenvalue weighted by atomic mass is 16.5. The molecular weight excluding hydrogens is 220 g/mol. The second-order valence-corrected chi connectivity index (χ2v) is 3.71. The molecule has 0 fully saturated rings. The summed E-state index contributed by atoms with van der Waals surface area (Å²) in [7, 11) is 0. The molecule has 4 N–H and O–H groups in total. The molecule has 1 rings (SSSR count). The summed E-state index contributed by atoms with van der Waals surface area (Å²) >= 11 is 0. The minimum absolute atomic E-state index is 0.0291. The highest BCUT2D eigenvalue weighted by molar-refractivity contribution is 5.91. The third-order valence-corrected chi connectivity index (χ3v) is 2.23. The lowest BCUT2D eigenvalue weighted by atomic mass is 10.2. The fourth-order valence-corrected chi connectivity index (χ4v) is 1.37. The van der Waals surface area contributed by atoms with Crippen LogP contribution in [0.25, 0.3) is 0 Å². The Balaban J connectivity index is 2.40. The zero-order valence-corrected chi connectivity index (χ0v) is 9.90. The van der Waals surface area contributed by atoms with Gasteiger partial charge in [0.2, 0.25) is 5.91 Å². The van der Waals surface area contributed by atoms with E-state index in [-0.39, 0.29) is 25.5 Å². The van der Waals surface area contributed by atoms with Gasteiger partial charge in [-0.05, 0) is 30.7 Å². The van der Waals surface area contributed by atoms with Crippen molar-refractivity contribution in [1.29, 1.82) is 0 Å². The number of nitrogen functional groups attached to an aromatic ring is 1. The molecule has 5 heteroatoms. The molecule has 0 radical (unpaired) electrons. The number of aliphatic hydroxyl groups is 1. The average molecular weight is 238 g/mol. The number of carbonyl (C=O) groups is 1. The number of amides is 1. The summed E-state index contributed by atoms with van der Waals surface area (Å²) in [6.45, 7) is 2.42. The van der Waals surface area contributed by atoms with Crippen LogP contribution in [0, 0.1) is 6.92 Å². The summed E-state index contributed by atoms with van der Waals surface area (Å²) < 4.78 is 5.01. The predicted molar refractivity (Wildman–Crippen MR) is 66.7 cm³/mol. The first-order valence-electron chi connectivity index (χ1n) is 5.48. The number of aliphatic hydroxyl groups excluding tert-OH is 1. The molecule has 0 heterocycles. The first-order chi connectivity index (χ1) is 8.13. The Morgan fingerprint density at radius 2 is 2.24 bits per heavy atom. The molecule has 1 aromatic rings. The van der Waals surface area contributed by atoms with E-state index in [0.717, 1.165) is 11.3 Å². The van der Waals surface area contributed by atoms with Crippen molar-refractivity contribution in [3.63, 3.8) is 0 Å². The number of carbonyl (C=O) groups excluding carboxylic acids is 1. The Bertz CT molecular complexity index is 380. The molecule has 0 saturated carbocycles. The predicted octanol–water partition coefficient (Wildman–Crippen LogP) is 0.915. The Labute approximate surface area is 101 Å². The molecule has 0 saturated heterocycles. The Morgan fingerprint density at radius 3 is 2.88 bits per heavy atom. The monoisotopic (exact) mass is 238 g/mol. The van der Waals surface area contributed by atoms with Crippen LogP contribution in [-0.4, -0.2) is 30.8 Å². The smallest absolute Gasteiger partial charge is 0.226 e. The van der Waals surface area contributed by atoms with Crippen LogP contribution < -0.4 is 11.1 Å². The van der Waals surface area contributed by atoms with Crippen molar-refractivity contribution in [3.8, 4) is 0 Å². The number of anilines is 2. The minimum atomic E-state index is -0.115. The lowest BCUT2D eigenvalue weighted by Crippen LogP contribution is -2.15. The van der Waals surface area contributed by atoms with Crippen LogP contribution in [-0.2, 0) is 9.53 Å². The second kappa shape index (κ2) is 6.88. The van der Waals surface area contributed by atoms with Crippen molar-refractivity contribution in [2.45, 2.75) is 13.3 Å². The maximum atomic E-state index is 11.5. The minimum Gasteiger partial charge on any atom is -0.399 e. The zero-order valence-electron chi connectivity index (χ0n) is 9.90. The van der Waals surface area contributed by atoms with Gasteiger partial charge in [0.05, 0.1) is 26.2 Å². The van der Waals surface area contributed by atoms with Gasteiger partial charge in [0, 0.05) is 11.4 Å². The molecule has 0 aliphatic rings. The molecule has 0 bridgehead atoms. The van der Waals surface area contributed by atoms with Crippen molar-refractivity contribution in [1.82, 2.24) is 0 Å². The number of nitrogens with one attached hydrogen (secondary N) is 1. The highest BCUT2D eigenvalue weighted by Crippen LogP contribution is 2.17. The van der Waals surface area contributed by atoms with Crippen molar-refractivity contribution >= 4 is 17.3 Å². The van der Waals surface area contributed by atoms with Crippen molar-refractivity contribution in [3.05, 3.63) is 23.8 Å². The molecule has 0 aromatic heterocycles. The van der Waals surface area contributed by atoms with Gasteiger partial charge in [-0.2, -0.15) is 0 Å². The molecule has 1 aromatic carbocycles. The summed E-state index contributed by atoms with van der Waals surface area (Å²) in [5, 5.41) is 11.3. The largest absolute Gasteiger partial charge is 0.399 e. The SMILES string of the molecule is Cc1cc(N)ccc1NC(=O)CCOCCO. The fourth-order valence-electron chi connectivity index (χ4n) is 1.37. The van der Waals surface area contributed by atoms with Crippen LogP contribution in [0.2, 0.25) is 0 Å². The first kappa shape index (κ1) is 13.5. The average Bonchev–Trinajstić information content (AvgIpc) is 2.28. The standard InChI is InChI=1S/C12H18N2O3/c1-9-8-10(13)2-3-11(9)14-12(16)4-6-17-7-5-15/h2-3,8,15H,4-7,13H2,1H3,(H,14,16). The third kappa shape index (κ3) is 4.84. The number of ether oxygens (including phenoxy) is 1. The molecule has 17 heavy (non-hydrogen) atoms. The normalized spacial score (nSPS) is 10.2. The van der Waals surface area contributed by atoms with E-state index in [4.69, 9.17) is 15.6 Å². The molecule has 0 aliphatic carbocycles. The number of hydrogen-bond donors (Lipinski definition) is 3. The summed E-state index contributed by atoms with van der Waals surface area (Å²) in [5.74, 6) is -0.115. The quantitative estimate of drug-likeness (QED) is 0.508. The van der Waals surface area contributed by atoms with Gasteiger partial charge in [-0.3, -0.25) is 4.79 Å². The van der Waals surface area contributed by atoms with E-state index in [9.17, 15) is 4.79 Å². The van der Waals surface area contributed by atoms with E-state index in [0.29, 0.717) is 12.3 Å². The summed E-state index contributed by atoms with van der Waals surface area (Å²) in [5.41, 5.74) is 7.97. The van der Waals surface area contributed by atoms with Crippen LogP contribution in [0.5, 0.6) is 0 Å².